The van der Waals surface area contributed by atoms with Crippen molar-refractivity contribution < 1.29 is 4.42 Å². The van der Waals surface area contributed by atoms with Crippen LogP contribution in [0.5, 0.6) is 0 Å². The molecule has 0 amide bonds. The van der Waals surface area contributed by atoms with Gasteiger partial charge in [-0.3, -0.25) is 14.5 Å². The second kappa shape index (κ2) is 13.9. The largest absolute Gasteiger partial charge is 0.454 e. The molecule has 0 bridgehead atoms. The molecule has 0 atom stereocenters. The lowest BCUT2D eigenvalue weighted by atomic mass is 9.99. The third kappa shape index (κ3) is 5.67. The number of nitrogens with zero attached hydrogens (tertiary/aromatic N) is 6. The summed E-state index contributed by atoms with van der Waals surface area (Å²) in [5, 5.41) is 5.61. The molecule has 0 radical (unpaired) electrons. The lowest BCUT2D eigenvalue weighted by Gasteiger charge is -2.12. The van der Waals surface area contributed by atoms with E-state index in [0.717, 1.165) is 105 Å². The predicted molar refractivity (Wildman–Crippen MR) is 255 cm³/mol. The number of hydrogen-bond acceptors (Lipinski definition) is 5. The molecule has 0 N–H and O–H groups in total. The molecule has 6 heterocycles. The van der Waals surface area contributed by atoms with Crippen molar-refractivity contribution in [2.45, 2.75) is 0 Å². The number of benzene rings is 7. The first-order chi connectivity index (χ1) is 31.2. The molecule has 7 aromatic carbocycles. The zero-order valence-corrected chi connectivity index (χ0v) is 33.7. The smallest absolute Gasteiger partial charge is 0.235 e. The molecule has 7 nitrogen and oxygen atoms in total. The second-order valence-corrected chi connectivity index (χ2v) is 15.9. The van der Waals surface area contributed by atoms with E-state index in [1.54, 1.807) is 0 Å². The third-order valence-electron chi connectivity index (χ3n) is 12.3. The summed E-state index contributed by atoms with van der Waals surface area (Å²) >= 11 is 0. The van der Waals surface area contributed by atoms with Gasteiger partial charge in [0, 0.05) is 73.5 Å². The molecule has 7 heteroatoms. The molecule has 0 aliphatic carbocycles. The van der Waals surface area contributed by atoms with Crippen molar-refractivity contribution in [3.63, 3.8) is 0 Å². The Morgan fingerprint density at radius 2 is 0.937 bits per heavy atom. The van der Waals surface area contributed by atoms with Gasteiger partial charge in [0.1, 0.15) is 11.1 Å². The standard InChI is InChI=1S/C56H34N6O/c1-3-12-35(13-4-1)47-32-48(36-14-5-2-6-15-36)60-56(59-47)62-50-19-10-8-17-43(50)45-30-38(22-25-52(45)62)40-28-39(33-57-34-40)37-21-24-51-44(29-37)42-16-7-9-18-49(42)61(51)41-23-26-53-46(31-41)55-54(63-53)20-11-27-58-55/h1-34H. The summed E-state index contributed by atoms with van der Waals surface area (Å²) in [5.74, 6) is 0.627. The van der Waals surface area contributed by atoms with Crippen LogP contribution in [0.15, 0.2) is 211 Å². The lowest BCUT2D eigenvalue weighted by Crippen LogP contribution is -2.03. The van der Waals surface area contributed by atoms with Gasteiger partial charge in [0.25, 0.3) is 0 Å². The van der Waals surface area contributed by atoms with Crippen LogP contribution < -0.4 is 0 Å². The molecule has 6 aromatic heterocycles. The van der Waals surface area contributed by atoms with Crippen LogP contribution in [-0.2, 0) is 0 Å². The van der Waals surface area contributed by atoms with Crippen LogP contribution in [0.1, 0.15) is 0 Å². The van der Waals surface area contributed by atoms with Gasteiger partial charge in [-0.25, -0.2) is 9.97 Å². The van der Waals surface area contributed by atoms with Crippen LogP contribution in [0.25, 0.3) is 122 Å². The Hall–Kier alpha value is -8.68. The Morgan fingerprint density at radius 1 is 0.365 bits per heavy atom. The van der Waals surface area contributed by atoms with Gasteiger partial charge in [-0.05, 0) is 90.0 Å². The summed E-state index contributed by atoms with van der Waals surface area (Å²) < 4.78 is 10.6. The summed E-state index contributed by atoms with van der Waals surface area (Å²) in [4.78, 5) is 19.9. The highest BCUT2D eigenvalue weighted by Gasteiger charge is 2.19. The van der Waals surface area contributed by atoms with Gasteiger partial charge in [0.2, 0.25) is 5.95 Å². The molecule has 0 fully saturated rings. The Bertz CT molecular complexity index is 3860. The Kier molecular flexibility index (Phi) is 7.77. The van der Waals surface area contributed by atoms with E-state index < -0.39 is 0 Å². The first-order valence-electron chi connectivity index (χ1n) is 21.0. The maximum atomic E-state index is 6.12. The van der Waals surface area contributed by atoms with Crippen LogP contribution in [0.2, 0.25) is 0 Å². The van der Waals surface area contributed by atoms with Crippen LogP contribution in [0, 0.1) is 0 Å². The topological polar surface area (TPSA) is 74.6 Å². The van der Waals surface area contributed by atoms with E-state index in [1.165, 1.54) is 10.8 Å². The van der Waals surface area contributed by atoms with E-state index >= 15 is 0 Å². The first kappa shape index (κ1) is 35.1. The van der Waals surface area contributed by atoms with Crippen LogP contribution in [0.4, 0.5) is 0 Å². The minimum Gasteiger partial charge on any atom is -0.454 e. The first-order valence-corrected chi connectivity index (χ1v) is 21.0. The van der Waals surface area contributed by atoms with E-state index in [4.69, 9.17) is 19.4 Å². The highest BCUT2D eigenvalue weighted by atomic mass is 16.3. The van der Waals surface area contributed by atoms with Gasteiger partial charge in [-0.15, -0.1) is 0 Å². The van der Waals surface area contributed by atoms with Crippen LogP contribution >= 0.6 is 0 Å². The molecule has 0 saturated heterocycles. The lowest BCUT2D eigenvalue weighted by molar-refractivity contribution is 0.668. The monoisotopic (exact) mass is 806 g/mol. The summed E-state index contributed by atoms with van der Waals surface area (Å²) in [6.07, 6.45) is 5.73. The Morgan fingerprint density at radius 3 is 1.59 bits per heavy atom. The fourth-order valence-electron chi connectivity index (χ4n) is 9.33. The molecule has 0 aliphatic heterocycles. The fraction of sp³-hybridized carbons (Fsp3) is 0. The molecule has 294 valence electrons. The number of aromatic nitrogens is 6. The second-order valence-electron chi connectivity index (χ2n) is 15.9. The average Bonchev–Trinajstić information content (AvgIpc) is 4.01. The van der Waals surface area contributed by atoms with Crippen LogP contribution in [-0.4, -0.2) is 29.1 Å². The van der Waals surface area contributed by atoms with Gasteiger partial charge < -0.3 is 8.98 Å². The Labute approximate surface area is 360 Å². The van der Waals surface area contributed by atoms with E-state index in [-0.39, 0.29) is 0 Å². The van der Waals surface area contributed by atoms with Gasteiger partial charge >= 0.3 is 0 Å². The molecular weight excluding hydrogens is 773 g/mol. The summed E-state index contributed by atoms with van der Waals surface area (Å²) in [6.45, 7) is 0. The van der Waals surface area contributed by atoms with Crippen molar-refractivity contribution in [1.82, 2.24) is 29.1 Å². The zero-order valence-electron chi connectivity index (χ0n) is 33.7. The van der Waals surface area contributed by atoms with E-state index in [1.807, 2.05) is 73.2 Å². The number of fused-ring (bicyclic) bond motifs is 9. The van der Waals surface area contributed by atoms with Crippen molar-refractivity contribution in [3.05, 3.63) is 207 Å². The zero-order chi connectivity index (χ0) is 41.4. The molecule has 0 spiro atoms. The third-order valence-corrected chi connectivity index (χ3v) is 12.3. The number of para-hydroxylation sites is 2. The number of rotatable bonds is 6. The fourth-order valence-corrected chi connectivity index (χ4v) is 9.33. The van der Waals surface area contributed by atoms with Gasteiger partial charge in [0.15, 0.2) is 5.58 Å². The quantitative estimate of drug-likeness (QED) is 0.167. The maximum Gasteiger partial charge on any atom is 0.235 e. The highest BCUT2D eigenvalue weighted by Crippen LogP contribution is 2.39. The van der Waals surface area contributed by atoms with Crippen molar-refractivity contribution in [2.24, 2.45) is 0 Å². The van der Waals surface area contributed by atoms with Gasteiger partial charge in [-0.1, -0.05) is 109 Å². The number of pyridine rings is 2. The van der Waals surface area contributed by atoms with Crippen molar-refractivity contribution >= 4 is 65.7 Å². The van der Waals surface area contributed by atoms with E-state index in [9.17, 15) is 0 Å². The molecule has 0 saturated carbocycles. The van der Waals surface area contributed by atoms with Crippen LogP contribution in [0.3, 0.4) is 0 Å². The predicted octanol–water partition coefficient (Wildman–Crippen LogP) is 14.0. The average molecular weight is 807 g/mol. The molecule has 13 aromatic rings. The molecule has 0 aliphatic rings. The Balaban J connectivity index is 0.920. The molecule has 0 unspecified atom stereocenters. The highest BCUT2D eigenvalue weighted by molar-refractivity contribution is 6.12. The summed E-state index contributed by atoms with van der Waals surface area (Å²) in [7, 11) is 0. The van der Waals surface area contributed by atoms with E-state index in [0.29, 0.717) is 5.95 Å². The van der Waals surface area contributed by atoms with E-state index in [2.05, 4.69) is 148 Å². The SMILES string of the molecule is c1ccc(-c2cc(-c3ccccc3)nc(-n3c4ccccc4c4cc(-c5cncc(-c6ccc7c(c6)c6ccccc6n7-c6ccc7oc8cccnc8c7c6)c5)ccc43)n2)cc1. The molecular formula is C56H34N6O. The van der Waals surface area contributed by atoms with Gasteiger partial charge in [-0.2, -0.15) is 0 Å². The summed E-state index contributed by atoms with van der Waals surface area (Å²) in [5.41, 5.74) is 16.0. The number of furan rings is 1. The van der Waals surface area contributed by atoms with Crippen molar-refractivity contribution in [2.75, 3.05) is 0 Å². The molecule has 13 rings (SSSR count). The minimum absolute atomic E-state index is 0.627. The summed E-state index contributed by atoms with van der Waals surface area (Å²) in [6, 6.07) is 65.7. The maximum absolute atomic E-state index is 6.12. The minimum atomic E-state index is 0.627. The van der Waals surface area contributed by atoms with Crippen molar-refractivity contribution in [1.29, 1.82) is 0 Å². The molecule has 63 heavy (non-hydrogen) atoms. The normalized spacial score (nSPS) is 11.8. The number of hydrogen-bond donors (Lipinski definition) is 0. The van der Waals surface area contributed by atoms with Crippen molar-refractivity contribution in [3.8, 4) is 56.4 Å². The van der Waals surface area contributed by atoms with Gasteiger partial charge in [0.05, 0.1) is 33.5 Å².